The van der Waals surface area contributed by atoms with Crippen LogP contribution in [0.25, 0.3) is 22.1 Å². The van der Waals surface area contributed by atoms with Crippen molar-refractivity contribution in [3.8, 4) is 5.75 Å². The number of fused-ring (bicyclic) bond motifs is 2. The molecule has 4 amide bonds. The molecule has 7 N–H and O–H groups in total. The molecule has 0 atom stereocenters. The molecule has 0 aliphatic rings. The number of hydrogen-bond acceptors (Lipinski definition) is 9. The lowest BCUT2D eigenvalue weighted by atomic mass is 10.1. The Morgan fingerprint density at radius 1 is 0.717 bits per heavy atom. The van der Waals surface area contributed by atoms with Gasteiger partial charge in [-0.15, -0.1) is 24.8 Å². The second-order valence-electron chi connectivity index (χ2n) is 11.7. The number of nitrogens with zero attached hydrogens (tertiary/aromatic N) is 8. The summed E-state index contributed by atoms with van der Waals surface area (Å²) in [4.78, 5) is 59.7. The largest absolute Gasteiger partial charge is 0.506 e. The van der Waals surface area contributed by atoms with E-state index in [2.05, 4.69) is 30.8 Å². The summed E-state index contributed by atoms with van der Waals surface area (Å²) in [5, 5.41) is 25.3. The highest BCUT2D eigenvalue weighted by atomic mass is 35.5. The molecule has 0 saturated heterocycles. The van der Waals surface area contributed by atoms with Crippen LogP contribution in [-0.4, -0.2) is 67.4 Å². The SMILES string of the molecule is CCn1nc(C)cc1C(=O)Nc1nc2cc(C(N)=O)ccc2n1CC=CCn1c(NC(=O)c2cc(C)nn2CC)nc2cc(C(N)=O)cc(O)c21.Cl.Cl. The number of amides is 4. The third-order valence-corrected chi connectivity index (χ3v) is 8.20. The normalized spacial score (nSPS) is 11.1. The maximum Gasteiger partial charge on any atom is 0.276 e. The van der Waals surface area contributed by atoms with Crippen LogP contribution in [0.1, 0.15) is 66.9 Å². The molecule has 2 aromatic carbocycles. The van der Waals surface area contributed by atoms with Crippen LogP contribution in [0.2, 0.25) is 0 Å². The Bertz CT molecular complexity index is 2410. The number of benzene rings is 2. The highest BCUT2D eigenvalue weighted by Crippen LogP contribution is 2.30. The van der Waals surface area contributed by atoms with Gasteiger partial charge >= 0.3 is 0 Å². The Labute approximate surface area is 314 Å². The van der Waals surface area contributed by atoms with Crippen molar-refractivity contribution in [3.05, 3.63) is 88.5 Å². The van der Waals surface area contributed by atoms with Crippen LogP contribution in [-0.2, 0) is 26.2 Å². The molecule has 0 saturated carbocycles. The number of hydrogen-bond donors (Lipinski definition) is 5. The molecule has 6 aromatic rings. The number of nitrogens with two attached hydrogens (primary N) is 2. The highest BCUT2D eigenvalue weighted by Gasteiger charge is 2.22. The van der Waals surface area contributed by atoms with Gasteiger partial charge in [0, 0.05) is 37.3 Å². The fourth-order valence-electron chi connectivity index (χ4n) is 5.85. The molecule has 0 bridgehead atoms. The van der Waals surface area contributed by atoms with Gasteiger partial charge in [-0.05, 0) is 70.2 Å². The van der Waals surface area contributed by atoms with Gasteiger partial charge in [-0.1, -0.05) is 12.2 Å². The molecular weight excluding hydrogens is 727 g/mol. The predicted molar refractivity (Wildman–Crippen MR) is 203 cm³/mol. The second kappa shape index (κ2) is 16.0. The summed E-state index contributed by atoms with van der Waals surface area (Å²) < 4.78 is 6.50. The fraction of sp³-hybridized carbons (Fsp3) is 0.235. The van der Waals surface area contributed by atoms with Crippen molar-refractivity contribution in [1.29, 1.82) is 0 Å². The number of allylic oxidation sites excluding steroid dienone is 2. The maximum absolute atomic E-state index is 13.4. The van der Waals surface area contributed by atoms with E-state index in [9.17, 15) is 24.3 Å². The number of phenolic OH excluding ortho intramolecular Hbond substituents is 1. The summed E-state index contributed by atoms with van der Waals surface area (Å²) in [7, 11) is 0. The van der Waals surface area contributed by atoms with E-state index in [4.69, 9.17) is 11.5 Å². The van der Waals surface area contributed by atoms with E-state index < -0.39 is 23.6 Å². The van der Waals surface area contributed by atoms with E-state index in [-0.39, 0.29) is 77.7 Å². The van der Waals surface area contributed by atoms with Crippen LogP contribution in [0.4, 0.5) is 11.9 Å². The Morgan fingerprint density at radius 2 is 1.21 bits per heavy atom. The molecule has 17 nitrogen and oxygen atoms in total. The minimum absolute atomic E-state index is 0. The van der Waals surface area contributed by atoms with Crippen LogP contribution >= 0.6 is 24.8 Å². The molecule has 0 aliphatic carbocycles. The lowest BCUT2D eigenvalue weighted by molar-refractivity contribution is 0.0992. The lowest BCUT2D eigenvalue weighted by Gasteiger charge is -2.11. The first kappa shape index (κ1) is 39.6. The lowest BCUT2D eigenvalue weighted by Crippen LogP contribution is -2.20. The van der Waals surface area contributed by atoms with Gasteiger partial charge in [0.05, 0.1) is 27.9 Å². The standard InChI is InChI=1S/C34H36N12O5.2ClH/c1-5-45-25(13-18(3)41-45)31(50)39-33-37-22-15-20(29(35)48)9-10-24(22)43(33)11-7-8-12-44-28-23(16-21(30(36)49)17-27(28)47)38-34(44)40-32(51)26-14-19(4)42-46(26)6-2;;/h7-10,13-17,47H,5-6,11-12H2,1-4H3,(H2,35,48)(H2,36,49)(H,37,39,50)(H,38,40,51);2*1H. The summed E-state index contributed by atoms with van der Waals surface area (Å²) >= 11 is 0. The summed E-state index contributed by atoms with van der Waals surface area (Å²) in [5.41, 5.74) is 14.9. The van der Waals surface area contributed by atoms with Gasteiger partial charge in [0.25, 0.3) is 11.8 Å². The van der Waals surface area contributed by atoms with Crippen molar-refractivity contribution in [2.75, 3.05) is 10.6 Å². The predicted octanol–water partition coefficient (Wildman–Crippen LogP) is 3.94. The number of carbonyl (C=O) groups excluding carboxylic acids is 4. The molecule has 4 aromatic heterocycles. The quantitative estimate of drug-likeness (QED) is 0.113. The summed E-state index contributed by atoms with van der Waals surface area (Å²) in [6, 6.07) is 10.8. The number of aromatic nitrogens is 8. The zero-order chi connectivity index (χ0) is 36.6. The van der Waals surface area contributed by atoms with Crippen molar-refractivity contribution < 1.29 is 24.3 Å². The number of imidazole rings is 2. The van der Waals surface area contributed by atoms with Crippen LogP contribution in [0, 0.1) is 13.8 Å². The van der Waals surface area contributed by atoms with Crippen LogP contribution in [0.15, 0.2) is 54.6 Å². The molecule has 278 valence electrons. The Balaban J connectivity index is 0.00000314. The summed E-state index contributed by atoms with van der Waals surface area (Å²) in [5.74, 6) is -2.16. The number of anilines is 2. The third-order valence-electron chi connectivity index (χ3n) is 8.20. The number of nitrogens with one attached hydrogen (secondary N) is 2. The highest BCUT2D eigenvalue weighted by molar-refractivity contribution is 6.05. The number of halogens is 2. The van der Waals surface area contributed by atoms with Crippen molar-refractivity contribution in [2.24, 2.45) is 11.5 Å². The smallest absolute Gasteiger partial charge is 0.276 e. The van der Waals surface area contributed by atoms with Gasteiger partial charge < -0.3 is 25.7 Å². The molecule has 19 heteroatoms. The molecule has 0 radical (unpaired) electrons. The number of phenols is 1. The summed E-state index contributed by atoms with van der Waals surface area (Å²) in [6.07, 6.45) is 3.59. The zero-order valence-electron chi connectivity index (χ0n) is 29.2. The van der Waals surface area contributed by atoms with Crippen LogP contribution in [0.3, 0.4) is 0 Å². The number of carbonyl (C=O) groups is 4. The number of primary amides is 2. The van der Waals surface area contributed by atoms with E-state index in [0.29, 0.717) is 46.9 Å². The number of rotatable bonds is 12. The van der Waals surface area contributed by atoms with Gasteiger partial charge in [-0.3, -0.25) is 39.2 Å². The third kappa shape index (κ3) is 7.85. The van der Waals surface area contributed by atoms with Gasteiger partial charge in [0.15, 0.2) is 0 Å². The average Bonchev–Trinajstić information content (AvgIpc) is 3.85. The number of aromatic hydroxyl groups is 1. The Hall–Kier alpha value is -6.20. The maximum atomic E-state index is 13.4. The molecule has 6 rings (SSSR count). The first-order valence-corrected chi connectivity index (χ1v) is 16.1. The summed E-state index contributed by atoms with van der Waals surface area (Å²) in [6.45, 7) is 8.63. The fourth-order valence-corrected chi connectivity index (χ4v) is 5.85. The Kier molecular flexibility index (Phi) is 11.9. The monoisotopic (exact) mass is 764 g/mol. The van der Waals surface area contributed by atoms with Gasteiger partial charge in [-0.2, -0.15) is 10.2 Å². The topological polar surface area (TPSA) is 236 Å². The molecular formula is C34H38Cl2N12O5. The molecule has 53 heavy (non-hydrogen) atoms. The van der Waals surface area contributed by atoms with E-state index in [1.165, 1.54) is 12.1 Å². The minimum atomic E-state index is -0.748. The van der Waals surface area contributed by atoms with E-state index in [0.717, 1.165) is 0 Å². The molecule has 4 heterocycles. The second-order valence-corrected chi connectivity index (χ2v) is 11.7. The van der Waals surface area contributed by atoms with Crippen LogP contribution < -0.4 is 22.1 Å². The number of aryl methyl sites for hydroxylation is 4. The van der Waals surface area contributed by atoms with Crippen molar-refractivity contribution in [2.45, 2.75) is 53.9 Å². The average molecular weight is 766 g/mol. The van der Waals surface area contributed by atoms with Gasteiger partial charge in [-0.25, -0.2) is 9.97 Å². The Morgan fingerprint density at radius 3 is 1.74 bits per heavy atom. The minimum Gasteiger partial charge on any atom is -0.506 e. The first-order chi connectivity index (χ1) is 24.4. The van der Waals surface area contributed by atoms with Crippen molar-refractivity contribution in [1.82, 2.24) is 38.7 Å². The first-order valence-electron chi connectivity index (χ1n) is 16.1. The molecule has 0 aliphatic heterocycles. The molecule has 0 unspecified atom stereocenters. The van der Waals surface area contributed by atoms with E-state index in [1.54, 1.807) is 74.8 Å². The van der Waals surface area contributed by atoms with Crippen molar-refractivity contribution in [3.63, 3.8) is 0 Å². The van der Waals surface area contributed by atoms with Gasteiger partial charge in [0.2, 0.25) is 23.7 Å². The zero-order valence-corrected chi connectivity index (χ0v) is 30.8. The van der Waals surface area contributed by atoms with Crippen LogP contribution in [0.5, 0.6) is 5.75 Å². The van der Waals surface area contributed by atoms with E-state index in [1.807, 2.05) is 13.8 Å². The van der Waals surface area contributed by atoms with Gasteiger partial charge in [0.1, 0.15) is 22.7 Å². The van der Waals surface area contributed by atoms with E-state index >= 15 is 0 Å². The molecule has 0 spiro atoms. The molecule has 0 fully saturated rings. The van der Waals surface area contributed by atoms with Crippen molar-refractivity contribution >= 4 is 82.4 Å².